The largest absolute Gasteiger partial charge is 0.444 e. The molecule has 140 valence electrons. The molecule has 1 fully saturated rings. The van der Waals surface area contributed by atoms with E-state index in [2.05, 4.69) is 9.97 Å². The number of nitrogens with zero attached hydrogens (tertiary/aromatic N) is 3. The molecule has 0 radical (unpaired) electrons. The first-order chi connectivity index (χ1) is 11.8. The summed E-state index contributed by atoms with van der Waals surface area (Å²) in [6.45, 7) is 7.52. The first kappa shape index (κ1) is 19.9. The molecule has 1 atom stereocenters. The van der Waals surface area contributed by atoms with E-state index in [-0.39, 0.29) is 17.4 Å². The van der Waals surface area contributed by atoms with Gasteiger partial charge < -0.3 is 14.4 Å². The molecule has 1 amide bonds. The number of likely N-dealkylation sites (tertiary alicyclic amines) is 1. The average molecular weight is 370 g/mol. The maximum absolute atomic E-state index is 12.4. The maximum atomic E-state index is 12.4. The van der Waals surface area contributed by atoms with Crippen molar-refractivity contribution >= 4 is 17.7 Å². The zero-order chi connectivity index (χ0) is 18.3. The fraction of sp³-hybridized carbons (Fsp3) is 0.722. The highest BCUT2D eigenvalue weighted by molar-refractivity contribution is 6.28. The third-order valence-electron chi connectivity index (χ3n) is 4.01. The van der Waals surface area contributed by atoms with Crippen LogP contribution in [0.3, 0.4) is 0 Å². The molecule has 2 heterocycles. The predicted octanol–water partition coefficient (Wildman–Crippen LogP) is 4.22. The molecule has 1 saturated heterocycles. The molecule has 1 aromatic heterocycles. The number of amides is 1. The summed E-state index contributed by atoms with van der Waals surface area (Å²) in [6, 6.07) is 2.03. The van der Waals surface area contributed by atoms with Crippen molar-refractivity contribution in [2.24, 2.45) is 0 Å². The van der Waals surface area contributed by atoms with Crippen molar-refractivity contribution in [3.8, 4) is 0 Å². The van der Waals surface area contributed by atoms with Crippen LogP contribution in [0.15, 0.2) is 12.3 Å². The third-order valence-corrected chi connectivity index (χ3v) is 4.20. The number of hydrogen-bond donors (Lipinski definition) is 0. The Balaban J connectivity index is 1.73. The topological polar surface area (TPSA) is 64.5 Å². The van der Waals surface area contributed by atoms with E-state index >= 15 is 0 Å². The zero-order valence-electron chi connectivity index (χ0n) is 15.3. The molecule has 1 aromatic rings. The highest BCUT2D eigenvalue weighted by Crippen LogP contribution is 2.23. The molecule has 0 aromatic carbocycles. The Hall–Kier alpha value is -1.40. The van der Waals surface area contributed by atoms with Crippen molar-refractivity contribution in [2.45, 2.75) is 71.1 Å². The van der Waals surface area contributed by atoms with Crippen LogP contribution in [-0.4, -0.2) is 45.8 Å². The minimum atomic E-state index is -0.457. The van der Waals surface area contributed by atoms with Gasteiger partial charge in [0.2, 0.25) is 5.28 Å². The number of piperidine rings is 1. The summed E-state index contributed by atoms with van der Waals surface area (Å²) in [6.07, 6.45) is 6.46. The smallest absolute Gasteiger partial charge is 0.410 e. The molecule has 0 unspecified atom stereocenters. The Bertz CT molecular complexity index is 563. The fourth-order valence-corrected chi connectivity index (χ4v) is 3.07. The number of carbonyl (C=O) groups is 1. The Morgan fingerprint density at radius 3 is 2.92 bits per heavy atom. The van der Waals surface area contributed by atoms with Crippen molar-refractivity contribution in [1.82, 2.24) is 14.9 Å². The van der Waals surface area contributed by atoms with Crippen molar-refractivity contribution in [1.29, 1.82) is 0 Å². The predicted molar refractivity (Wildman–Crippen MR) is 96.5 cm³/mol. The zero-order valence-corrected chi connectivity index (χ0v) is 16.1. The summed E-state index contributed by atoms with van der Waals surface area (Å²) in [4.78, 5) is 22.2. The monoisotopic (exact) mass is 369 g/mol. The molecule has 1 aliphatic heterocycles. The molecule has 7 heteroatoms. The highest BCUT2D eigenvalue weighted by atomic mass is 35.5. The Kier molecular flexibility index (Phi) is 7.44. The highest BCUT2D eigenvalue weighted by Gasteiger charge is 2.29. The Labute approximate surface area is 154 Å². The van der Waals surface area contributed by atoms with Gasteiger partial charge in [0, 0.05) is 25.4 Å². The quantitative estimate of drug-likeness (QED) is 0.555. The lowest BCUT2D eigenvalue weighted by atomic mass is 9.98. The third kappa shape index (κ3) is 7.16. The minimum absolute atomic E-state index is 0.200. The van der Waals surface area contributed by atoms with Crippen LogP contribution in [0.1, 0.15) is 58.6 Å². The summed E-state index contributed by atoms with van der Waals surface area (Å²) in [5.41, 5.74) is 0.314. The Morgan fingerprint density at radius 1 is 1.40 bits per heavy atom. The van der Waals surface area contributed by atoms with Crippen molar-refractivity contribution in [2.75, 3.05) is 13.2 Å². The van der Waals surface area contributed by atoms with Crippen molar-refractivity contribution in [3.63, 3.8) is 0 Å². The molecule has 0 saturated carbocycles. The van der Waals surface area contributed by atoms with Crippen molar-refractivity contribution < 1.29 is 14.3 Å². The van der Waals surface area contributed by atoms with E-state index in [0.717, 1.165) is 44.3 Å². The summed E-state index contributed by atoms with van der Waals surface area (Å²) >= 11 is 5.75. The van der Waals surface area contributed by atoms with Gasteiger partial charge in [0.15, 0.2) is 0 Å². The normalized spacial score (nSPS) is 18.2. The minimum Gasteiger partial charge on any atom is -0.444 e. The number of carbonyl (C=O) groups excluding carboxylic acids is 1. The van der Waals surface area contributed by atoms with Crippen LogP contribution in [0.5, 0.6) is 0 Å². The summed E-state index contributed by atoms with van der Waals surface area (Å²) < 4.78 is 11.2. The van der Waals surface area contributed by atoms with E-state index < -0.39 is 5.60 Å². The number of halogens is 1. The van der Waals surface area contributed by atoms with Gasteiger partial charge in [0.25, 0.3) is 0 Å². The number of rotatable bonds is 6. The lowest BCUT2D eigenvalue weighted by molar-refractivity contribution is 0.00724. The van der Waals surface area contributed by atoms with Crippen LogP contribution in [0.4, 0.5) is 4.79 Å². The second-order valence-electron chi connectivity index (χ2n) is 7.34. The molecule has 6 nitrogen and oxygen atoms in total. The van der Waals surface area contributed by atoms with Gasteiger partial charge in [-0.3, -0.25) is 0 Å². The van der Waals surface area contributed by atoms with Gasteiger partial charge in [0.05, 0.1) is 12.3 Å². The Morgan fingerprint density at radius 2 is 2.20 bits per heavy atom. The molecule has 0 N–H and O–H groups in total. The first-order valence-corrected chi connectivity index (χ1v) is 9.28. The number of aromatic nitrogens is 2. The van der Waals surface area contributed by atoms with Gasteiger partial charge in [-0.15, -0.1) is 0 Å². The SMILES string of the molecule is CC(C)(C)OC(=O)N1CCCC[C@@H]1CCCOCc1ccnc(Cl)n1. The average Bonchev–Trinajstić information content (AvgIpc) is 2.53. The van der Waals surface area contributed by atoms with Crippen LogP contribution < -0.4 is 0 Å². The van der Waals surface area contributed by atoms with Crippen LogP contribution >= 0.6 is 11.6 Å². The van der Waals surface area contributed by atoms with E-state index in [1.165, 1.54) is 0 Å². The van der Waals surface area contributed by atoms with E-state index in [4.69, 9.17) is 21.1 Å². The standard InChI is InChI=1S/C18H28ClN3O3/c1-18(2,3)25-17(23)22-11-5-4-7-15(22)8-6-12-24-13-14-9-10-20-16(19)21-14/h9-10,15H,4-8,11-13H2,1-3H3/t15-/m1/s1. The van der Waals surface area contributed by atoms with Crippen molar-refractivity contribution in [3.05, 3.63) is 23.2 Å². The van der Waals surface area contributed by atoms with Gasteiger partial charge in [0.1, 0.15) is 5.60 Å². The number of hydrogen-bond acceptors (Lipinski definition) is 5. The number of ether oxygens (including phenoxy) is 2. The lowest BCUT2D eigenvalue weighted by Crippen LogP contribution is -2.46. The summed E-state index contributed by atoms with van der Waals surface area (Å²) in [7, 11) is 0. The molecule has 25 heavy (non-hydrogen) atoms. The van der Waals surface area contributed by atoms with Gasteiger partial charge in [-0.2, -0.15) is 0 Å². The fourth-order valence-electron chi connectivity index (χ4n) is 2.91. The van der Waals surface area contributed by atoms with Crippen LogP contribution in [-0.2, 0) is 16.1 Å². The van der Waals surface area contributed by atoms with Crippen LogP contribution in [0.25, 0.3) is 0 Å². The van der Waals surface area contributed by atoms with Gasteiger partial charge in [-0.25, -0.2) is 14.8 Å². The second kappa shape index (κ2) is 9.34. The molecule has 0 aliphatic carbocycles. The molecule has 2 rings (SSSR count). The van der Waals surface area contributed by atoms with E-state index in [0.29, 0.717) is 13.2 Å². The van der Waals surface area contributed by atoms with Crippen LogP contribution in [0, 0.1) is 0 Å². The van der Waals surface area contributed by atoms with Gasteiger partial charge in [-0.1, -0.05) is 0 Å². The lowest BCUT2D eigenvalue weighted by Gasteiger charge is -2.36. The molecule has 0 spiro atoms. The van der Waals surface area contributed by atoms with Gasteiger partial charge >= 0.3 is 6.09 Å². The van der Waals surface area contributed by atoms with E-state index in [9.17, 15) is 4.79 Å². The maximum Gasteiger partial charge on any atom is 0.410 e. The van der Waals surface area contributed by atoms with E-state index in [1.54, 1.807) is 12.3 Å². The second-order valence-corrected chi connectivity index (χ2v) is 7.67. The first-order valence-electron chi connectivity index (χ1n) is 8.90. The van der Waals surface area contributed by atoms with E-state index in [1.807, 2.05) is 25.7 Å². The molecule has 1 aliphatic rings. The molecular weight excluding hydrogens is 342 g/mol. The van der Waals surface area contributed by atoms with Crippen LogP contribution in [0.2, 0.25) is 5.28 Å². The molecule has 0 bridgehead atoms. The summed E-state index contributed by atoms with van der Waals surface area (Å²) in [5.74, 6) is 0. The summed E-state index contributed by atoms with van der Waals surface area (Å²) in [5, 5.41) is 0.233. The molecular formula is C18H28ClN3O3. The van der Waals surface area contributed by atoms with Gasteiger partial charge in [-0.05, 0) is 70.5 Å².